The van der Waals surface area contributed by atoms with E-state index in [-0.39, 0.29) is 17.1 Å². The Balaban J connectivity index is 0.000000429. The minimum atomic E-state index is -0.636. The van der Waals surface area contributed by atoms with E-state index in [0.29, 0.717) is 31.3 Å². The van der Waals surface area contributed by atoms with Crippen molar-refractivity contribution in [1.82, 2.24) is 29.1 Å². The van der Waals surface area contributed by atoms with E-state index in [1.165, 1.54) is 18.6 Å². The summed E-state index contributed by atoms with van der Waals surface area (Å²) in [7, 11) is 0. The van der Waals surface area contributed by atoms with Crippen LogP contribution in [0.4, 0.5) is 0 Å². The van der Waals surface area contributed by atoms with Crippen molar-refractivity contribution < 1.29 is 32.7 Å². The van der Waals surface area contributed by atoms with Gasteiger partial charge >= 0.3 is 34.1 Å². The summed E-state index contributed by atoms with van der Waals surface area (Å²) in [6.07, 6.45) is 4.30. The molecule has 0 unspecified atom stereocenters. The summed E-state index contributed by atoms with van der Waals surface area (Å²) in [6, 6.07) is 0. The van der Waals surface area contributed by atoms with E-state index in [1.54, 1.807) is 41.5 Å². The van der Waals surface area contributed by atoms with Crippen LogP contribution in [-0.4, -0.2) is 44.8 Å². The molecule has 3 rings (SSSR count). The maximum atomic E-state index is 10.6. The summed E-state index contributed by atoms with van der Waals surface area (Å²) in [5.41, 5.74) is 2.06. The van der Waals surface area contributed by atoms with Gasteiger partial charge in [0.1, 0.15) is 0 Å². The molecule has 31 heavy (non-hydrogen) atoms. The zero-order chi connectivity index (χ0) is 23.2. The van der Waals surface area contributed by atoms with Gasteiger partial charge in [-0.15, -0.1) is 14.2 Å². The van der Waals surface area contributed by atoms with Crippen LogP contribution in [-0.2, 0) is 17.1 Å². The zero-order valence-corrected chi connectivity index (χ0v) is 18.9. The Labute approximate surface area is 187 Å². The van der Waals surface area contributed by atoms with E-state index in [0.717, 1.165) is 16.7 Å². The Morgan fingerprint density at radius 3 is 0.903 bits per heavy atom. The normalized spacial score (nSPS) is 9.48. The van der Waals surface area contributed by atoms with Crippen molar-refractivity contribution in [3.05, 3.63) is 83.8 Å². The molecule has 0 aliphatic rings. The molecule has 3 N–H and O–H groups in total. The molecule has 0 spiro atoms. The number of hydrogen-bond donors (Lipinski definition) is 3. The fourth-order valence-corrected chi connectivity index (χ4v) is 1.83. The summed E-state index contributed by atoms with van der Waals surface area (Å²) in [4.78, 5) is 42.0. The Morgan fingerprint density at radius 1 is 0.548 bits per heavy atom. The van der Waals surface area contributed by atoms with Gasteiger partial charge in [0.25, 0.3) is 0 Å². The van der Waals surface area contributed by atoms with Gasteiger partial charge in [0, 0.05) is 18.6 Å². The molecule has 0 saturated heterocycles. The second kappa shape index (κ2) is 11.7. The minimum absolute atomic E-state index is 0. The van der Waals surface area contributed by atoms with Crippen molar-refractivity contribution in [2.45, 2.75) is 41.5 Å². The summed E-state index contributed by atoms with van der Waals surface area (Å²) in [6.45, 7) is 10.3. The average molecular weight is 476 g/mol. The molecular weight excluding hydrogens is 452 g/mol. The molecule has 0 saturated carbocycles. The molecule has 0 amide bonds. The molecule has 1 radical (unpaired) electrons. The van der Waals surface area contributed by atoms with Crippen LogP contribution in [0.1, 0.15) is 33.8 Å². The maximum Gasteiger partial charge on any atom is 3.00 e. The second-order valence-electron chi connectivity index (χ2n) is 6.36. The Morgan fingerprint density at radius 2 is 0.742 bits per heavy atom. The van der Waals surface area contributed by atoms with E-state index in [1.807, 2.05) is 0 Å². The van der Waals surface area contributed by atoms with E-state index in [4.69, 9.17) is 15.6 Å². The van der Waals surface area contributed by atoms with Gasteiger partial charge in [-0.3, -0.25) is 0 Å². The van der Waals surface area contributed by atoms with E-state index in [2.05, 4.69) is 15.0 Å². The summed E-state index contributed by atoms with van der Waals surface area (Å²) < 4.78 is 1.61. The third-order valence-electron chi connectivity index (χ3n) is 4.31. The predicted octanol–water partition coefficient (Wildman–Crippen LogP) is 0.290. The molecule has 0 atom stereocenters. The van der Waals surface area contributed by atoms with Crippen LogP contribution in [0.15, 0.2) is 33.0 Å². The molecular formula is C18H24FeN6O6+3. The first kappa shape index (κ1) is 27.6. The van der Waals surface area contributed by atoms with Crippen molar-refractivity contribution in [1.29, 1.82) is 0 Å². The van der Waals surface area contributed by atoms with E-state index >= 15 is 0 Å². The fraction of sp³-hybridized carbons (Fsp3) is 0.333. The number of nitrogens with zero attached hydrogens (tertiary/aromatic N) is 6. The standard InChI is InChI=1S/3C6H8N2O2.Fe/c3*1-4-3-7-6(9)8(10)5(4)2;/h3*3,10H,1-2H3;/q;;;+3. The smallest absolute Gasteiger partial charge is 0.424 e. The Hall–Kier alpha value is -3.44. The molecule has 12 nitrogen and oxygen atoms in total. The van der Waals surface area contributed by atoms with Crippen molar-refractivity contribution in [3.8, 4) is 0 Å². The third kappa shape index (κ3) is 7.08. The van der Waals surface area contributed by atoms with Crippen LogP contribution in [0.5, 0.6) is 0 Å². The van der Waals surface area contributed by atoms with E-state index in [9.17, 15) is 14.4 Å². The number of hydrogen-bond acceptors (Lipinski definition) is 9. The molecule has 0 aliphatic carbocycles. The molecule has 0 bridgehead atoms. The topological polar surface area (TPSA) is 165 Å². The van der Waals surface area contributed by atoms with Crippen molar-refractivity contribution in [2.75, 3.05) is 0 Å². The Bertz CT molecular complexity index is 1070. The monoisotopic (exact) mass is 476 g/mol. The van der Waals surface area contributed by atoms with Gasteiger partial charge in [0.2, 0.25) is 0 Å². The molecule has 167 valence electrons. The SMILES string of the molecule is Cc1cnc(=O)n(O)c1C.Cc1cnc(=O)n(O)c1C.Cc1cnc(=O)n(O)c1C.[Fe+3]. The summed E-state index contributed by atoms with van der Waals surface area (Å²) >= 11 is 0. The molecule has 3 aromatic rings. The molecule has 0 fully saturated rings. The van der Waals surface area contributed by atoms with Crippen molar-refractivity contribution in [2.24, 2.45) is 0 Å². The molecule has 3 aromatic heterocycles. The summed E-state index contributed by atoms with van der Waals surface area (Å²) in [5, 5.41) is 26.8. The van der Waals surface area contributed by atoms with Gasteiger partial charge in [-0.05, 0) is 58.2 Å². The van der Waals surface area contributed by atoms with Gasteiger partial charge in [-0.25, -0.2) is 14.4 Å². The van der Waals surface area contributed by atoms with Crippen LogP contribution in [0.2, 0.25) is 0 Å². The second-order valence-corrected chi connectivity index (χ2v) is 6.36. The van der Waals surface area contributed by atoms with Gasteiger partial charge in [-0.2, -0.15) is 15.0 Å². The number of aromatic nitrogens is 6. The van der Waals surface area contributed by atoms with E-state index < -0.39 is 17.1 Å². The first-order chi connectivity index (χ1) is 13.9. The summed E-state index contributed by atoms with van der Waals surface area (Å²) in [5.74, 6) is 0. The molecule has 3 heterocycles. The van der Waals surface area contributed by atoms with Crippen LogP contribution in [0.25, 0.3) is 0 Å². The van der Waals surface area contributed by atoms with Gasteiger partial charge in [0.05, 0.1) is 17.1 Å². The largest absolute Gasteiger partial charge is 3.00 e. The average Bonchev–Trinajstić information content (AvgIpc) is 2.73. The quantitative estimate of drug-likeness (QED) is 0.305. The van der Waals surface area contributed by atoms with Crippen molar-refractivity contribution >= 4 is 0 Å². The maximum absolute atomic E-state index is 10.6. The van der Waals surface area contributed by atoms with Gasteiger partial charge in [-0.1, -0.05) is 0 Å². The fourth-order valence-electron chi connectivity index (χ4n) is 1.83. The van der Waals surface area contributed by atoms with Gasteiger partial charge < -0.3 is 15.6 Å². The number of rotatable bonds is 0. The molecule has 13 heteroatoms. The van der Waals surface area contributed by atoms with Crippen LogP contribution >= 0.6 is 0 Å². The predicted molar refractivity (Wildman–Crippen MR) is 105 cm³/mol. The molecule has 0 aromatic carbocycles. The molecule has 0 aliphatic heterocycles. The zero-order valence-electron chi connectivity index (χ0n) is 17.8. The van der Waals surface area contributed by atoms with Crippen LogP contribution in [0.3, 0.4) is 0 Å². The van der Waals surface area contributed by atoms with Crippen molar-refractivity contribution in [3.63, 3.8) is 0 Å². The first-order valence-electron chi connectivity index (χ1n) is 8.62. The van der Waals surface area contributed by atoms with Crippen LogP contribution < -0.4 is 17.1 Å². The first-order valence-corrected chi connectivity index (χ1v) is 8.62. The minimum Gasteiger partial charge on any atom is -0.424 e. The number of aryl methyl sites for hydroxylation is 3. The van der Waals surface area contributed by atoms with Crippen LogP contribution in [0, 0.1) is 41.5 Å². The van der Waals surface area contributed by atoms with Gasteiger partial charge in [0.15, 0.2) is 0 Å². The third-order valence-corrected chi connectivity index (χ3v) is 4.31. The Kier molecular flexibility index (Phi) is 10.4.